The van der Waals surface area contributed by atoms with Gasteiger partial charge in [-0.05, 0) is 37.5 Å². The van der Waals surface area contributed by atoms with Crippen LogP contribution in [-0.2, 0) is 10.0 Å². The van der Waals surface area contributed by atoms with Gasteiger partial charge in [0.1, 0.15) is 0 Å². The second-order valence-corrected chi connectivity index (χ2v) is 5.83. The van der Waals surface area contributed by atoms with Crippen LogP contribution in [0.1, 0.15) is 28.8 Å². The van der Waals surface area contributed by atoms with Crippen molar-refractivity contribution in [3.8, 4) is 0 Å². The van der Waals surface area contributed by atoms with E-state index in [9.17, 15) is 13.2 Å². The average Bonchev–Trinajstić information content (AvgIpc) is 3.00. The van der Waals surface area contributed by atoms with Crippen LogP contribution < -0.4 is 10.5 Å². The molecule has 0 aromatic heterocycles. The summed E-state index contributed by atoms with van der Waals surface area (Å²) in [6, 6.07) is 4.54. The van der Waals surface area contributed by atoms with Gasteiger partial charge in [-0.2, -0.15) is 0 Å². The monoisotopic (exact) mass is 254 g/mol. The topological polar surface area (TPSA) is 89.3 Å². The van der Waals surface area contributed by atoms with Crippen molar-refractivity contribution >= 4 is 15.9 Å². The molecule has 92 valence electrons. The summed E-state index contributed by atoms with van der Waals surface area (Å²) in [5.74, 6) is -0.240. The Morgan fingerprint density at radius 1 is 1.41 bits per heavy atom. The average molecular weight is 254 g/mol. The lowest BCUT2D eigenvalue weighted by atomic mass is 10.1. The van der Waals surface area contributed by atoms with Crippen LogP contribution >= 0.6 is 0 Å². The zero-order chi connectivity index (χ0) is 12.6. The number of aryl methyl sites for hydroxylation is 1. The molecule has 0 spiro atoms. The van der Waals surface area contributed by atoms with Gasteiger partial charge < -0.3 is 5.32 Å². The Morgan fingerprint density at radius 2 is 2.06 bits per heavy atom. The number of amides is 1. The zero-order valence-corrected chi connectivity index (χ0v) is 10.3. The van der Waals surface area contributed by atoms with Crippen molar-refractivity contribution in [3.05, 3.63) is 29.3 Å². The predicted octanol–water partition coefficient (Wildman–Crippen LogP) is 0.535. The van der Waals surface area contributed by atoms with Crippen molar-refractivity contribution in [2.45, 2.75) is 30.7 Å². The molecule has 6 heteroatoms. The normalized spacial score (nSPS) is 15.6. The molecule has 3 N–H and O–H groups in total. The molecule has 1 saturated carbocycles. The third-order valence-electron chi connectivity index (χ3n) is 2.69. The van der Waals surface area contributed by atoms with Gasteiger partial charge in [0.25, 0.3) is 5.91 Å². The highest BCUT2D eigenvalue weighted by Crippen LogP contribution is 2.21. The summed E-state index contributed by atoms with van der Waals surface area (Å²) in [7, 11) is -3.77. The van der Waals surface area contributed by atoms with E-state index in [0.717, 1.165) is 18.4 Å². The summed E-state index contributed by atoms with van der Waals surface area (Å²) >= 11 is 0. The Morgan fingerprint density at radius 3 is 2.59 bits per heavy atom. The smallest absolute Gasteiger partial charge is 0.251 e. The molecule has 0 aliphatic heterocycles. The van der Waals surface area contributed by atoms with Crippen molar-refractivity contribution in [3.63, 3.8) is 0 Å². The number of carbonyl (C=O) groups excluding carboxylic acids is 1. The lowest BCUT2D eigenvalue weighted by Crippen LogP contribution is -2.26. The number of carbonyl (C=O) groups is 1. The maximum Gasteiger partial charge on any atom is 0.251 e. The molecule has 1 aromatic carbocycles. The second kappa shape index (κ2) is 4.12. The Kier molecular flexibility index (Phi) is 2.92. The van der Waals surface area contributed by atoms with Crippen molar-refractivity contribution < 1.29 is 13.2 Å². The standard InChI is InChI=1S/C11H14N2O3S/c1-7-2-5-9(17(12,15)16)6-10(7)11(14)13-8-3-4-8/h2,5-6,8H,3-4H2,1H3,(H,13,14)(H2,12,15,16). The Hall–Kier alpha value is -1.40. The first-order valence-corrected chi connectivity index (χ1v) is 6.87. The fraction of sp³-hybridized carbons (Fsp3) is 0.364. The fourth-order valence-electron chi connectivity index (χ4n) is 1.51. The van der Waals surface area contributed by atoms with E-state index in [4.69, 9.17) is 5.14 Å². The van der Waals surface area contributed by atoms with Crippen molar-refractivity contribution in [2.24, 2.45) is 5.14 Å². The third-order valence-corrected chi connectivity index (χ3v) is 3.61. The van der Waals surface area contributed by atoms with Crippen LogP contribution in [0.15, 0.2) is 23.1 Å². The van der Waals surface area contributed by atoms with E-state index in [1.54, 1.807) is 13.0 Å². The van der Waals surface area contributed by atoms with E-state index in [-0.39, 0.29) is 16.8 Å². The van der Waals surface area contributed by atoms with Gasteiger partial charge in [-0.15, -0.1) is 0 Å². The van der Waals surface area contributed by atoms with E-state index in [1.807, 2.05) is 0 Å². The Labute approximate surface area is 100 Å². The number of benzene rings is 1. The summed E-state index contributed by atoms with van der Waals surface area (Å²) in [5, 5.41) is 7.85. The van der Waals surface area contributed by atoms with Gasteiger partial charge in [0, 0.05) is 11.6 Å². The first-order chi connectivity index (χ1) is 7.88. The molecule has 1 aromatic rings. The van der Waals surface area contributed by atoms with Gasteiger partial charge in [-0.1, -0.05) is 6.07 Å². The number of rotatable bonds is 3. The Bertz CT molecular complexity index is 562. The summed E-state index contributed by atoms with van der Waals surface area (Å²) in [6.07, 6.45) is 1.97. The maximum absolute atomic E-state index is 11.8. The molecule has 1 amide bonds. The van der Waals surface area contributed by atoms with E-state index >= 15 is 0 Å². The molecule has 0 unspecified atom stereocenters. The zero-order valence-electron chi connectivity index (χ0n) is 9.43. The third kappa shape index (κ3) is 2.83. The molecule has 0 bridgehead atoms. The number of primary sulfonamides is 1. The highest BCUT2D eigenvalue weighted by molar-refractivity contribution is 7.89. The first kappa shape index (κ1) is 12.1. The molecule has 17 heavy (non-hydrogen) atoms. The van der Waals surface area contributed by atoms with E-state index in [1.165, 1.54) is 12.1 Å². The number of hydrogen-bond donors (Lipinski definition) is 2. The molecule has 2 rings (SSSR count). The SMILES string of the molecule is Cc1ccc(S(N)(=O)=O)cc1C(=O)NC1CC1. The van der Waals surface area contributed by atoms with Crippen LogP contribution in [0.5, 0.6) is 0 Å². The van der Waals surface area contributed by atoms with E-state index < -0.39 is 10.0 Å². The fourth-order valence-corrected chi connectivity index (χ4v) is 2.05. The van der Waals surface area contributed by atoms with Gasteiger partial charge in [0.15, 0.2) is 0 Å². The summed E-state index contributed by atoms with van der Waals surface area (Å²) < 4.78 is 22.4. The molecule has 0 saturated heterocycles. The minimum Gasteiger partial charge on any atom is -0.349 e. The van der Waals surface area contributed by atoms with Gasteiger partial charge in [0.2, 0.25) is 10.0 Å². The minimum atomic E-state index is -3.77. The number of sulfonamides is 1. The molecule has 1 aliphatic carbocycles. The summed E-state index contributed by atoms with van der Waals surface area (Å²) in [6.45, 7) is 1.76. The molecule has 0 atom stereocenters. The van der Waals surface area contributed by atoms with Crippen LogP contribution in [0.2, 0.25) is 0 Å². The van der Waals surface area contributed by atoms with Crippen molar-refractivity contribution in [1.82, 2.24) is 5.32 Å². The van der Waals surface area contributed by atoms with Gasteiger partial charge >= 0.3 is 0 Å². The van der Waals surface area contributed by atoms with Crippen LogP contribution in [0.4, 0.5) is 0 Å². The lowest BCUT2D eigenvalue weighted by molar-refractivity contribution is 0.0950. The van der Waals surface area contributed by atoms with Crippen LogP contribution in [0.25, 0.3) is 0 Å². The predicted molar refractivity (Wildman–Crippen MR) is 63.0 cm³/mol. The molecular formula is C11H14N2O3S. The molecule has 0 heterocycles. The van der Waals surface area contributed by atoms with Crippen LogP contribution in [-0.4, -0.2) is 20.4 Å². The molecule has 0 radical (unpaired) electrons. The number of hydrogen-bond acceptors (Lipinski definition) is 3. The highest BCUT2D eigenvalue weighted by Gasteiger charge is 2.25. The summed E-state index contributed by atoms with van der Waals surface area (Å²) in [5.41, 5.74) is 1.10. The molecule has 1 aliphatic rings. The van der Waals surface area contributed by atoms with Crippen molar-refractivity contribution in [1.29, 1.82) is 0 Å². The van der Waals surface area contributed by atoms with Gasteiger partial charge in [-0.3, -0.25) is 4.79 Å². The first-order valence-electron chi connectivity index (χ1n) is 5.32. The summed E-state index contributed by atoms with van der Waals surface area (Å²) in [4.78, 5) is 11.8. The lowest BCUT2D eigenvalue weighted by Gasteiger charge is -2.08. The maximum atomic E-state index is 11.8. The van der Waals surface area contributed by atoms with Gasteiger partial charge in [0.05, 0.1) is 4.90 Å². The van der Waals surface area contributed by atoms with E-state index in [2.05, 4.69) is 5.32 Å². The molecule has 5 nitrogen and oxygen atoms in total. The highest BCUT2D eigenvalue weighted by atomic mass is 32.2. The van der Waals surface area contributed by atoms with Crippen molar-refractivity contribution in [2.75, 3.05) is 0 Å². The molecule has 1 fully saturated rings. The quantitative estimate of drug-likeness (QED) is 0.824. The van der Waals surface area contributed by atoms with E-state index in [0.29, 0.717) is 5.56 Å². The number of nitrogens with one attached hydrogen (secondary N) is 1. The minimum absolute atomic E-state index is 0.0379. The van der Waals surface area contributed by atoms with Gasteiger partial charge in [-0.25, -0.2) is 13.6 Å². The largest absolute Gasteiger partial charge is 0.349 e. The van der Waals surface area contributed by atoms with Crippen LogP contribution in [0, 0.1) is 6.92 Å². The Balaban J connectivity index is 2.34. The second-order valence-electron chi connectivity index (χ2n) is 4.27. The number of nitrogens with two attached hydrogens (primary N) is 1. The molecular weight excluding hydrogens is 240 g/mol. The van der Waals surface area contributed by atoms with Crippen LogP contribution in [0.3, 0.4) is 0 Å².